The maximum atomic E-state index is 14.1. The first kappa shape index (κ1) is 14.8. The summed E-state index contributed by atoms with van der Waals surface area (Å²) in [5, 5.41) is 0. The number of hydrogen-bond donors (Lipinski definition) is 1. The molecule has 22 heavy (non-hydrogen) atoms. The van der Waals surface area contributed by atoms with Crippen molar-refractivity contribution in [3.8, 4) is 0 Å². The Morgan fingerprint density at radius 1 is 1.14 bits per heavy atom. The van der Waals surface area contributed by atoms with Crippen LogP contribution in [0.25, 0.3) is 0 Å². The first-order chi connectivity index (χ1) is 10.6. The van der Waals surface area contributed by atoms with Crippen LogP contribution >= 0.6 is 0 Å². The Kier molecular flexibility index (Phi) is 4.02. The third-order valence-corrected chi connectivity index (χ3v) is 4.45. The molecule has 1 fully saturated rings. The highest BCUT2D eigenvalue weighted by atomic mass is 19.1. The van der Waals surface area contributed by atoms with Crippen molar-refractivity contribution in [3.05, 3.63) is 53.9 Å². The van der Waals surface area contributed by atoms with E-state index in [0.29, 0.717) is 37.4 Å². The zero-order valence-corrected chi connectivity index (χ0v) is 12.2. The van der Waals surface area contributed by atoms with Gasteiger partial charge >= 0.3 is 0 Å². The first-order valence-corrected chi connectivity index (χ1v) is 7.32. The Labute approximate surface area is 128 Å². The van der Waals surface area contributed by atoms with Crippen LogP contribution in [0.4, 0.5) is 14.7 Å². The number of hydrogen-bond acceptors (Lipinski definition) is 4. The summed E-state index contributed by atoms with van der Waals surface area (Å²) in [4.78, 5) is 10.5. The van der Waals surface area contributed by atoms with E-state index in [4.69, 9.17) is 5.73 Å². The summed E-state index contributed by atoms with van der Waals surface area (Å²) in [6.07, 6.45) is 4.67. The summed E-state index contributed by atoms with van der Waals surface area (Å²) in [6, 6.07) is 5.35. The van der Waals surface area contributed by atoms with E-state index in [1.54, 1.807) is 18.5 Å². The molecule has 0 amide bonds. The van der Waals surface area contributed by atoms with Gasteiger partial charge in [0, 0.05) is 37.4 Å². The number of aromatic nitrogens is 2. The van der Waals surface area contributed by atoms with Crippen molar-refractivity contribution in [2.75, 3.05) is 24.5 Å². The highest BCUT2D eigenvalue weighted by Gasteiger charge is 2.37. The van der Waals surface area contributed by atoms with Gasteiger partial charge in [-0.05, 0) is 42.7 Å². The van der Waals surface area contributed by atoms with Gasteiger partial charge in [-0.25, -0.2) is 18.7 Å². The number of benzene rings is 1. The molecule has 4 nitrogen and oxygen atoms in total. The fourth-order valence-electron chi connectivity index (χ4n) is 3.08. The summed E-state index contributed by atoms with van der Waals surface area (Å²) < 4.78 is 27.7. The lowest BCUT2D eigenvalue weighted by Gasteiger charge is -2.41. The number of piperidine rings is 1. The fourth-order valence-corrected chi connectivity index (χ4v) is 3.08. The molecule has 3 rings (SSSR count). The summed E-state index contributed by atoms with van der Waals surface area (Å²) in [5.41, 5.74) is 5.78. The Morgan fingerprint density at radius 2 is 1.82 bits per heavy atom. The summed E-state index contributed by atoms with van der Waals surface area (Å²) >= 11 is 0. The molecule has 2 N–H and O–H groups in total. The number of nitrogens with two attached hydrogens (primary N) is 1. The van der Waals surface area contributed by atoms with Gasteiger partial charge in [0.05, 0.1) is 0 Å². The van der Waals surface area contributed by atoms with Crippen LogP contribution in [0.3, 0.4) is 0 Å². The fraction of sp³-hybridized carbons (Fsp3) is 0.375. The van der Waals surface area contributed by atoms with Crippen molar-refractivity contribution in [2.24, 2.45) is 5.73 Å². The Hall–Kier alpha value is -2.08. The van der Waals surface area contributed by atoms with Crippen LogP contribution < -0.4 is 10.6 Å². The highest BCUT2D eigenvalue weighted by molar-refractivity contribution is 5.35. The van der Waals surface area contributed by atoms with E-state index in [0.717, 1.165) is 6.07 Å². The van der Waals surface area contributed by atoms with E-state index >= 15 is 0 Å². The van der Waals surface area contributed by atoms with Gasteiger partial charge in [0.1, 0.15) is 11.6 Å². The van der Waals surface area contributed by atoms with E-state index in [2.05, 4.69) is 9.97 Å². The molecule has 0 saturated carbocycles. The van der Waals surface area contributed by atoms with E-state index in [1.807, 2.05) is 4.90 Å². The van der Waals surface area contributed by atoms with Crippen LogP contribution in [0.1, 0.15) is 18.4 Å². The maximum Gasteiger partial charge on any atom is 0.225 e. The Balaban J connectivity index is 1.84. The molecular weight excluding hydrogens is 286 g/mol. The molecule has 0 unspecified atom stereocenters. The highest BCUT2D eigenvalue weighted by Crippen LogP contribution is 2.37. The van der Waals surface area contributed by atoms with Crippen LogP contribution in [0.2, 0.25) is 0 Å². The minimum absolute atomic E-state index is 0.289. The number of halogens is 2. The molecule has 0 atom stereocenters. The van der Waals surface area contributed by atoms with Gasteiger partial charge in [-0.15, -0.1) is 0 Å². The quantitative estimate of drug-likeness (QED) is 0.945. The second-order valence-corrected chi connectivity index (χ2v) is 5.64. The molecule has 1 aliphatic heterocycles. The van der Waals surface area contributed by atoms with Crippen LogP contribution in [0.15, 0.2) is 36.7 Å². The molecule has 0 radical (unpaired) electrons. The van der Waals surface area contributed by atoms with Gasteiger partial charge in [0.2, 0.25) is 5.95 Å². The van der Waals surface area contributed by atoms with Crippen molar-refractivity contribution in [3.63, 3.8) is 0 Å². The monoisotopic (exact) mass is 304 g/mol. The average Bonchev–Trinajstić information content (AvgIpc) is 2.58. The van der Waals surface area contributed by atoms with Gasteiger partial charge in [0.15, 0.2) is 0 Å². The molecule has 6 heteroatoms. The van der Waals surface area contributed by atoms with Crippen molar-refractivity contribution in [1.29, 1.82) is 0 Å². The molecule has 1 saturated heterocycles. The summed E-state index contributed by atoms with van der Waals surface area (Å²) in [7, 11) is 0. The van der Waals surface area contributed by atoms with Crippen molar-refractivity contribution in [1.82, 2.24) is 9.97 Å². The zero-order chi connectivity index (χ0) is 15.6. The Morgan fingerprint density at radius 3 is 2.45 bits per heavy atom. The molecule has 0 aliphatic carbocycles. The molecule has 0 spiro atoms. The van der Waals surface area contributed by atoms with E-state index < -0.39 is 17.0 Å². The van der Waals surface area contributed by atoms with Crippen molar-refractivity contribution < 1.29 is 8.78 Å². The third kappa shape index (κ3) is 2.66. The molecule has 1 aliphatic rings. The average molecular weight is 304 g/mol. The van der Waals surface area contributed by atoms with Gasteiger partial charge in [-0.1, -0.05) is 0 Å². The SMILES string of the molecule is NCC1(c2cc(F)ccc2F)CCN(c2ncccn2)CC1. The molecule has 2 aromatic rings. The van der Waals surface area contributed by atoms with Crippen molar-refractivity contribution >= 4 is 5.95 Å². The topological polar surface area (TPSA) is 55.0 Å². The smallest absolute Gasteiger partial charge is 0.225 e. The lowest BCUT2D eigenvalue weighted by atomic mass is 9.72. The minimum Gasteiger partial charge on any atom is -0.341 e. The predicted molar refractivity (Wildman–Crippen MR) is 80.6 cm³/mol. The summed E-state index contributed by atoms with van der Waals surface area (Å²) in [6.45, 7) is 1.62. The van der Waals surface area contributed by atoms with E-state index in [9.17, 15) is 8.78 Å². The van der Waals surface area contributed by atoms with Crippen LogP contribution in [0, 0.1) is 11.6 Å². The lowest BCUT2D eigenvalue weighted by molar-refractivity contribution is 0.324. The van der Waals surface area contributed by atoms with Crippen molar-refractivity contribution in [2.45, 2.75) is 18.3 Å². The van der Waals surface area contributed by atoms with Crippen LogP contribution in [0.5, 0.6) is 0 Å². The number of rotatable bonds is 3. The molecule has 0 bridgehead atoms. The zero-order valence-electron chi connectivity index (χ0n) is 12.2. The normalized spacial score (nSPS) is 17.5. The Bertz CT molecular complexity index is 640. The molecule has 1 aromatic carbocycles. The second kappa shape index (κ2) is 5.96. The van der Waals surface area contributed by atoms with E-state index in [1.165, 1.54) is 12.1 Å². The number of nitrogens with zero attached hydrogens (tertiary/aromatic N) is 3. The third-order valence-electron chi connectivity index (χ3n) is 4.45. The van der Waals surface area contributed by atoms with E-state index in [-0.39, 0.29) is 6.54 Å². The standard InChI is InChI=1S/C16H18F2N4/c17-12-2-3-14(18)13(10-12)16(11-19)4-8-22(9-5-16)15-20-6-1-7-21-15/h1-3,6-7,10H,4-5,8-9,11,19H2. The number of anilines is 1. The van der Waals surface area contributed by atoms with Gasteiger partial charge < -0.3 is 10.6 Å². The van der Waals surface area contributed by atoms with Gasteiger partial charge in [-0.3, -0.25) is 0 Å². The molecule has 116 valence electrons. The second-order valence-electron chi connectivity index (χ2n) is 5.64. The summed E-state index contributed by atoms with van der Waals surface area (Å²) in [5.74, 6) is -0.165. The largest absolute Gasteiger partial charge is 0.341 e. The molecule has 2 heterocycles. The first-order valence-electron chi connectivity index (χ1n) is 7.32. The predicted octanol–water partition coefficient (Wildman–Crippen LogP) is 2.25. The van der Waals surface area contributed by atoms with Crippen LogP contribution in [-0.2, 0) is 5.41 Å². The maximum absolute atomic E-state index is 14.1. The van der Waals surface area contributed by atoms with Gasteiger partial charge in [0.25, 0.3) is 0 Å². The minimum atomic E-state index is -0.530. The van der Waals surface area contributed by atoms with Gasteiger partial charge in [-0.2, -0.15) is 0 Å². The molecular formula is C16H18F2N4. The van der Waals surface area contributed by atoms with Crippen LogP contribution in [-0.4, -0.2) is 29.6 Å². The molecule has 1 aromatic heterocycles. The lowest BCUT2D eigenvalue weighted by Crippen LogP contribution is -2.47.